The van der Waals surface area contributed by atoms with Crippen LogP contribution in [0.4, 0.5) is 24.9 Å². The summed E-state index contributed by atoms with van der Waals surface area (Å²) >= 11 is 6.02. The van der Waals surface area contributed by atoms with Gasteiger partial charge in [0, 0.05) is 31.9 Å². The van der Waals surface area contributed by atoms with Gasteiger partial charge in [0.1, 0.15) is 5.56 Å². The van der Waals surface area contributed by atoms with E-state index in [1.807, 2.05) is 25.7 Å². The van der Waals surface area contributed by atoms with Crippen molar-refractivity contribution in [3.05, 3.63) is 33.7 Å². The van der Waals surface area contributed by atoms with Crippen LogP contribution in [-0.2, 0) is 10.9 Å². The van der Waals surface area contributed by atoms with E-state index in [1.165, 1.54) is 6.92 Å². The fraction of sp³-hybridized carbons (Fsp3) is 0.526. The molecule has 0 aromatic carbocycles. The number of aromatic nitrogens is 4. The number of hydrogen-bond acceptors (Lipinski definition) is 8. The predicted octanol–water partition coefficient (Wildman–Crippen LogP) is 3.45. The standard InChI is InChI=1S/C19H22ClF3N6O2/c1-5-31-17(30)13-8-24-18(25-14(13)19(21,22)23)29-7-6-28(9-10(29)2)16-12(4)11(3)15(20)26-27-16/h8,10H,5-7,9H2,1-4H3. The summed E-state index contributed by atoms with van der Waals surface area (Å²) < 4.78 is 45.3. The van der Waals surface area contributed by atoms with Gasteiger partial charge < -0.3 is 14.5 Å². The van der Waals surface area contributed by atoms with E-state index in [0.717, 1.165) is 17.3 Å². The van der Waals surface area contributed by atoms with Crippen LogP contribution >= 0.6 is 11.6 Å². The maximum absolute atomic E-state index is 13.5. The second-order valence-electron chi connectivity index (χ2n) is 7.20. The highest BCUT2D eigenvalue weighted by Crippen LogP contribution is 2.33. The van der Waals surface area contributed by atoms with Crippen LogP contribution in [0.3, 0.4) is 0 Å². The molecule has 12 heteroatoms. The Morgan fingerprint density at radius 3 is 2.58 bits per heavy atom. The normalized spacial score (nSPS) is 17.1. The summed E-state index contributed by atoms with van der Waals surface area (Å²) in [5, 5.41) is 8.48. The van der Waals surface area contributed by atoms with Gasteiger partial charge >= 0.3 is 12.1 Å². The summed E-state index contributed by atoms with van der Waals surface area (Å²) in [7, 11) is 0. The first kappa shape index (κ1) is 23.0. The largest absolute Gasteiger partial charge is 0.462 e. The van der Waals surface area contributed by atoms with Crippen molar-refractivity contribution < 1.29 is 22.7 Å². The molecule has 3 rings (SSSR count). The van der Waals surface area contributed by atoms with Gasteiger partial charge in [-0.1, -0.05) is 11.6 Å². The number of esters is 1. The number of hydrogen-bond donors (Lipinski definition) is 0. The van der Waals surface area contributed by atoms with Crippen molar-refractivity contribution in [3.8, 4) is 0 Å². The van der Waals surface area contributed by atoms with Gasteiger partial charge in [0.05, 0.1) is 6.61 Å². The van der Waals surface area contributed by atoms with E-state index in [9.17, 15) is 18.0 Å². The lowest BCUT2D eigenvalue weighted by molar-refractivity contribution is -0.141. The Labute approximate surface area is 182 Å². The molecule has 0 N–H and O–H groups in total. The lowest BCUT2D eigenvalue weighted by atomic mass is 10.1. The summed E-state index contributed by atoms with van der Waals surface area (Å²) in [6.07, 6.45) is -3.95. The molecule has 8 nitrogen and oxygen atoms in total. The number of rotatable bonds is 4. The number of carbonyl (C=O) groups excluding carboxylic acids is 1. The number of anilines is 2. The van der Waals surface area contributed by atoms with Crippen LogP contribution in [0.1, 0.15) is 41.0 Å². The van der Waals surface area contributed by atoms with Crippen LogP contribution in [0.15, 0.2) is 6.20 Å². The zero-order valence-corrected chi connectivity index (χ0v) is 18.3. The molecular formula is C19H22ClF3N6O2. The maximum atomic E-state index is 13.5. The van der Waals surface area contributed by atoms with Gasteiger partial charge in [-0.05, 0) is 38.8 Å². The zero-order valence-electron chi connectivity index (χ0n) is 17.5. The third-order valence-corrected chi connectivity index (χ3v) is 5.52. The Morgan fingerprint density at radius 1 is 1.26 bits per heavy atom. The summed E-state index contributed by atoms with van der Waals surface area (Å²) in [6.45, 7) is 8.38. The van der Waals surface area contributed by atoms with Crippen LogP contribution < -0.4 is 9.80 Å². The topological polar surface area (TPSA) is 84.3 Å². The molecule has 0 saturated carbocycles. The lowest BCUT2D eigenvalue weighted by Gasteiger charge is -2.40. The Kier molecular flexibility index (Phi) is 6.54. The summed E-state index contributed by atoms with van der Waals surface area (Å²) in [5.74, 6) is -0.517. The minimum Gasteiger partial charge on any atom is -0.462 e. The van der Waals surface area contributed by atoms with Crippen molar-refractivity contribution in [2.24, 2.45) is 0 Å². The number of ether oxygens (including phenoxy) is 1. The first-order chi connectivity index (χ1) is 14.5. The molecule has 0 amide bonds. The average molecular weight is 459 g/mol. The number of nitrogens with zero attached hydrogens (tertiary/aromatic N) is 6. The predicted molar refractivity (Wildman–Crippen MR) is 109 cm³/mol. The summed E-state index contributed by atoms with van der Waals surface area (Å²) in [4.78, 5) is 23.3. The second-order valence-corrected chi connectivity index (χ2v) is 7.56. The minimum absolute atomic E-state index is 0.0522. The molecule has 1 fully saturated rings. The average Bonchev–Trinajstić information content (AvgIpc) is 2.71. The van der Waals surface area contributed by atoms with Crippen LogP contribution in [0.5, 0.6) is 0 Å². The van der Waals surface area contributed by atoms with Crippen LogP contribution in [0.25, 0.3) is 0 Å². The van der Waals surface area contributed by atoms with Crippen LogP contribution in [0.2, 0.25) is 5.15 Å². The number of halogens is 4. The van der Waals surface area contributed by atoms with E-state index in [1.54, 1.807) is 4.90 Å². The third kappa shape index (κ3) is 4.65. The Balaban J connectivity index is 1.86. The van der Waals surface area contributed by atoms with Crippen molar-refractivity contribution in [3.63, 3.8) is 0 Å². The lowest BCUT2D eigenvalue weighted by Crippen LogP contribution is -2.53. The van der Waals surface area contributed by atoms with Crippen LogP contribution in [-0.4, -0.2) is 58.4 Å². The second kappa shape index (κ2) is 8.81. The van der Waals surface area contributed by atoms with E-state index < -0.39 is 23.4 Å². The van der Waals surface area contributed by atoms with E-state index in [2.05, 4.69) is 20.2 Å². The maximum Gasteiger partial charge on any atom is 0.434 e. The third-order valence-electron chi connectivity index (χ3n) is 5.16. The van der Waals surface area contributed by atoms with Crippen LogP contribution in [0, 0.1) is 13.8 Å². The van der Waals surface area contributed by atoms with E-state index in [-0.39, 0.29) is 18.6 Å². The van der Waals surface area contributed by atoms with Gasteiger partial charge in [-0.3, -0.25) is 0 Å². The minimum atomic E-state index is -4.82. The molecule has 0 radical (unpaired) electrons. The summed E-state index contributed by atoms with van der Waals surface area (Å²) in [6, 6.07) is -0.222. The smallest absolute Gasteiger partial charge is 0.434 e. The Bertz CT molecular complexity index is 988. The quantitative estimate of drug-likeness (QED) is 0.644. The van der Waals surface area contributed by atoms with Crippen molar-refractivity contribution in [1.29, 1.82) is 0 Å². The molecule has 1 unspecified atom stereocenters. The Hall–Kier alpha value is -2.69. The van der Waals surface area contributed by atoms with E-state index in [4.69, 9.17) is 16.3 Å². The first-order valence-corrected chi connectivity index (χ1v) is 10.0. The number of alkyl halides is 3. The molecule has 0 aliphatic carbocycles. The molecule has 168 valence electrons. The molecule has 1 aliphatic rings. The van der Waals surface area contributed by atoms with Gasteiger partial charge in [0.15, 0.2) is 16.7 Å². The van der Waals surface area contributed by atoms with Gasteiger partial charge in [0.25, 0.3) is 0 Å². The highest BCUT2D eigenvalue weighted by molar-refractivity contribution is 6.30. The van der Waals surface area contributed by atoms with Gasteiger partial charge in [-0.15, -0.1) is 10.2 Å². The summed E-state index contributed by atoms with van der Waals surface area (Å²) in [5.41, 5.74) is -0.281. The van der Waals surface area contributed by atoms with Gasteiger partial charge in [-0.2, -0.15) is 13.2 Å². The fourth-order valence-electron chi connectivity index (χ4n) is 3.40. The van der Waals surface area contributed by atoms with E-state index >= 15 is 0 Å². The fourth-order valence-corrected chi connectivity index (χ4v) is 3.58. The van der Waals surface area contributed by atoms with Gasteiger partial charge in [-0.25, -0.2) is 14.8 Å². The number of carbonyl (C=O) groups is 1. The highest BCUT2D eigenvalue weighted by atomic mass is 35.5. The molecule has 1 atom stereocenters. The number of piperazine rings is 1. The molecule has 0 spiro atoms. The van der Waals surface area contributed by atoms with Crippen molar-refractivity contribution >= 4 is 29.3 Å². The molecule has 3 heterocycles. The van der Waals surface area contributed by atoms with E-state index in [0.29, 0.717) is 30.6 Å². The van der Waals surface area contributed by atoms with Crippen molar-refractivity contribution in [1.82, 2.24) is 20.2 Å². The molecule has 31 heavy (non-hydrogen) atoms. The monoisotopic (exact) mass is 458 g/mol. The molecule has 1 aliphatic heterocycles. The molecule has 0 bridgehead atoms. The van der Waals surface area contributed by atoms with Crippen molar-refractivity contribution in [2.75, 3.05) is 36.0 Å². The molecule has 2 aromatic rings. The molecule has 1 saturated heterocycles. The molecular weight excluding hydrogens is 437 g/mol. The zero-order chi connectivity index (χ0) is 22.9. The SMILES string of the molecule is CCOC(=O)c1cnc(N2CCN(c3nnc(Cl)c(C)c3C)CC2C)nc1C(F)(F)F. The molecule has 2 aromatic heterocycles. The highest BCUT2D eigenvalue weighted by Gasteiger charge is 2.39. The van der Waals surface area contributed by atoms with Crippen molar-refractivity contribution in [2.45, 2.75) is 39.9 Å². The first-order valence-electron chi connectivity index (χ1n) is 9.66. The Morgan fingerprint density at radius 2 is 1.97 bits per heavy atom. The van der Waals surface area contributed by atoms with Gasteiger partial charge in [0.2, 0.25) is 5.95 Å².